The third-order valence-electron chi connectivity index (χ3n) is 2.20. The van der Waals surface area contributed by atoms with Crippen LogP contribution in [0.25, 0.3) is 10.8 Å². The molecular formula is C10H9NaO5S. The van der Waals surface area contributed by atoms with E-state index in [0.29, 0.717) is 10.8 Å². The Morgan fingerprint density at radius 1 is 0.941 bits per heavy atom. The Morgan fingerprint density at radius 3 is 2.00 bits per heavy atom. The minimum atomic E-state index is -4.26. The summed E-state index contributed by atoms with van der Waals surface area (Å²) in [5.74, 6) is -0.632. The molecular weight excluding hydrogens is 255 g/mol. The molecule has 2 rings (SSSR count). The second-order valence-corrected chi connectivity index (χ2v) is 4.75. The van der Waals surface area contributed by atoms with Crippen molar-refractivity contribution in [1.29, 1.82) is 0 Å². The number of benzene rings is 2. The molecule has 0 saturated carbocycles. The smallest absolute Gasteiger partial charge is 1.00 e. The Labute approximate surface area is 121 Å². The monoisotopic (exact) mass is 264 g/mol. The normalized spacial score (nSPS) is 11.1. The van der Waals surface area contributed by atoms with E-state index in [-0.39, 0.29) is 47.4 Å². The Kier molecular flexibility index (Phi) is 4.06. The summed E-state index contributed by atoms with van der Waals surface area (Å²) < 4.78 is 30.6. The van der Waals surface area contributed by atoms with Gasteiger partial charge < -0.3 is 11.6 Å². The molecule has 0 atom stereocenters. The van der Waals surface area contributed by atoms with Crippen LogP contribution in [0, 0.1) is 0 Å². The fraction of sp³-hybridized carbons (Fsp3) is 0. The summed E-state index contributed by atoms with van der Waals surface area (Å²) >= 11 is 0. The number of hydrogen-bond donors (Lipinski definition) is 3. The van der Waals surface area contributed by atoms with Crippen molar-refractivity contribution < 1.29 is 54.2 Å². The first-order chi connectivity index (χ1) is 7.38. The van der Waals surface area contributed by atoms with Crippen molar-refractivity contribution in [2.75, 3.05) is 0 Å². The predicted octanol–water partition coefficient (Wildman–Crippen LogP) is -1.39. The van der Waals surface area contributed by atoms with E-state index in [4.69, 9.17) is 4.55 Å². The molecule has 0 aromatic heterocycles. The molecule has 3 N–H and O–H groups in total. The van der Waals surface area contributed by atoms with Gasteiger partial charge in [0, 0.05) is 0 Å². The quantitative estimate of drug-likeness (QED) is 0.335. The van der Waals surface area contributed by atoms with E-state index < -0.39 is 10.1 Å². The molecule has 0 amide bonds. The Hall–Kier alpha value is -0.790. The van der Waals surface area contributed by atoms with Gasteiger partial charge in [0.05, 0.1) is 4.90 Å². The molecule has 86 valence electrons. The molecule has 5 nitrogen and oxygen atoms in total. The van der Waals surface area contributed by atoms with Gasteiger partial charge in [-0.05, 0) is 35.0 Å². The van der Waals surface area contributed by atoms with E-state index in [2.05, 4.69) is 0 Å². The summed E-state index contributed by atoms with van der Waals surface area (Å²) in [6, 6.07) is 6.38. The van der Waals surface area contributed by atoms with Crippen LogP contribution in [0.4, 0.5) is 0 Å². The van der Waals surface area contributed by atoms with E-state index in [1.165, 1.54) is 30.3 Å². The van der Waals surface area contributed by atoms with Gasteiger partial charge in [0.15, 0.2) is 11.5 Å². The van der Waals surface area contributed by atoms with E-state index in [1.807, 2.05) is 0 Å². The van der Waals surface area contributed by atoms with Gasteiger partial charge in [-0.3, -0.25) is 4.55 Å². The molecule has 0 unspecified atom stereocenters. The summed E-state index contributed by atoms with van der Waals surface area (Å²) in [6.07, 6.45) is 0. The molecule has 0 aliphatic carbocycles. The van der Waals surface area contributed by atoms with E-state index in [0.717, 1.165) is 0 Å². The average Bonchev–Trinajstić information content (AvgIpc) is 2.17. The van der Waals surface area contributed by atoms with Crippen LogP contribution in [0.3, 0.4) is 0 Å². The summed E-state index contributed by atoms with van der Waals surface area (Å²) in [5, 5.41) is 19.4. The van der Waals surface area contributed by atoms with Gasteiger partial charge in [0.2, 0.25) is 0 Å². The molecule has 0 fully saturated rings. The molecule has 0 saturated heterocycles. The summed E-state index contributed by atoms with van der Waals surface area (Å²) in [5.41, 5.74) is 0. The maximum absolute atomic E-state index is 10.9. The second kappa shape index (κ2) is 4.83. The van der Waals surface area contributed by atoms with Gasteiger partial charge in [-0.2, -0.15) is 8.42 Å². The standard InChI is InChI=1S/C10H8O5S.Na.H/c11-9-4-6-1-2-8(16(13,14)15)3-7(6)5-10(9)12;;/h1-5,11-12H,(H,13,14,15);;/q;+1;-1. The summed E-state index contributed by atoms with van der Waals surface area (Å²) in [7, 11) is -4.26. The molecule has 0 bridgehead atoms. The number of hydrogen-bond acceptors (Lipinski definition) is 4. The van der Waals surface area contributed by atoms with Crippen molar-refractivity contribution >= 4 is 20.9 Å². The van der Waals surface area contributed by atoms with Gasteiger partial charge in [-0.25, -0.2) is 0 Å². The number of phenolic OH excluding ortho intramolecular Hbond substituents is 2. The minimum Gasteiger partial charge on any atom is -1.00 e. The van der Waals surface area contributed by atoms with Gasteiger partial charge in [-0.15, -0.1) is 0 Å². The van der Waals surface area contributed by atoms with Crippen LogP contribution in [0.5, 0.6) is 11.5 Å². The van der Waals surface area contributed by atoms with Crippen molar-refractivity contribution in [3.8, 4) is 11.5 Å². The molecule has 0 radical (unpaired) electrons. The topological polar surface area (TPSA) is 94.8 Å². The zero-order valence-electron chi connectivity index (χ0n) is 9.95. The fourth-order valence-corrected chi connectivity index (χ4v) is 1.93. The second-order valence-electron chi connectivity index (χ2n) is 3.32. The average molecular weight is 264 g/mol. The fourth-order valence-electron chi connectivity index (χ4n) is 1.41. The molecule has 17 heavy (non-hydrogen) atoms. The van der Waals surface area contributed by atoms with Crippen molar-refractivity contribution in [2.45, 2.75) is 4.90 Å². The first kappa shape index (κ1) is 14.3. The molecule has 2 aromatic rings. The zero-order valence-corrected chi connectivity index (χ0v) is 11.8. The molecule has 0 aliphatic rings. The van der Waals surface area contributed by atoms with Crippen molar-refractivity contribution in [3.63, 3.8) is 0 Å². The van der Waals surface area contributed by atoms with E-state index >= 15 is 0 Å². The third kappa shape index (κ3) is 2.91. The maximum atomic E-state index is 10.9. The van der Waals surface area contributed by atoms with Gasteiger partial charge in [-0.1, -0.05) is 6.07 Å². The molecule has 0 heterocycles. The van der Waals surface area contributed by atoms with E-state index in [9.17, 15) is 18.6 Å². The third-order valence-corrected chi connectivity index (χ3v) is 3.05. The number of rotatable bonds is 1. The summed E-state index contributed by atoms with van der Waals surface area (Å²) in [4.78, 5) is -0.259. The van der Waals surface area contributed by atoms with E-state index in [1.54, 1.807) is 0 Å². The van der Waals surface area contributed by atoms with Crippen molar-refractivity contribution in [1.82, 2.24) is 0 Å². The largest absolute Gasteiger partial charge is 1.00 e. The molecule has 7 heteroatoms. The first-order valence-electron chi connectivity index (χ1n) is 4.31. The van der Waals surface area contributed by atoms with Crippen molar-refractivity contribution in [3.05, 3.63) is 30.3 Å². The Bertz CT molecular complexity index is 671. The minimum absolute atomic E-state index is 0. The number of phenols is 2. The van der Waals surface area contributed by atoms with Crippen LogP contribution in [-0.4, -0.2) is 23.2 Å². The van der Waals surface area contributed by atoms with Gasteiger partial charge in [0.1, 0.15) is 0 Å². The van der Waals surface area contributed by atoms with Crippen LogP contribution in [0.2, 0.25) is 0 Å². The van der Waals surface area contributed by atoms with Crippen LogP contribution in [0.15, 0.2) is 35.2 Å². The van der Waals surface area contributed by atoms with Crippen LogP contribution < -0.4 is 29.6 Å². The van der Waals surface area contributed by atoms with Gasteiger partial charge >= 0.3 is 29.6 Å². The Balaban J connectivity index is 0.00000144. The predicted molar refractivity (Wildman–Crippen MR) is 58.2 cm³/mol. The SMILES string of the molecule is O=S(=O)(O)c1ccc2cc(O)c(O)cc2c1.[H-].[Na+]. The Morgan fingerprint density at radius 2 is 1.47 bits per heavy atom. The van der Waals surface area contributed by atoms with Gasteiger partial charge in [0.25, 0.3) is 10.1 Å². The molecule has 0 spiro atoms. The van der Waals surface area contributed by atoms with Crippen molar-refractivity contribution in [2.24, 2.45) is 0 Å². The van der Waals surface area contributed by atoms with Crippen LogP contribution >= 0.6 is 0 Å². The summed E-state index contributed by atoms with van der Waals surface area (Å²) in [6.45, 7) is 0. The number of fused-ring (bicyclic) bond motifs is 1. The molecule has 0 aliphatic heterocycles. The molecule has 2 aromatic carbocycles. The zero-order chi connectivity index (χ0) is 11.9. The van der Waals surface area contributed by atoms with Crippen LogP contribution in [0.1, 0.15) is 1.43 Å². The first-order valence-corrected chi connectivity index (χ1v) is 5.75. The number of aromatic hydroxyl groups is 2. The van der Waals surface area contributed by atoms with Crippen LogP contribution in [-0.2, 0) is 10.1 Å². The maximum Gasteiger partial charge on any atom is 1.00 e.